The second kappa shape index (κ2) is 11.3. The minimum Gasteiger partial charge on any atom is -0.494 e. The molecule has 38 heavy (non-hydrogen) atoms. The first-order valence-corrected chi connectivity index (χ1v) is 12.2. The van der Waals surface area contributed by atoms with Crippen LogP contribution in [0.15, 0.2) is 37.1 Å². The molecule has 2 heterocycles. The van der Waals surface area contributed by atoms with Crippen LogP contribution in [0.3, 0.4) is 0 Å². The second-order valence-corrected chi connectivity index (χ2v) is 9.25. The number of likely N-dealkylation sites (N-methyl/N-ethyl adjacent to an activating group) is 2. The highest BCUT2D eigenvalue weighted by Crippen LogP contribution is 2.38. The molecule has 0 aliphatic heterocycles. The first-order chi connectivity index (χ1) is 18.2. The van der Waals surface area contributed by atoms with Gasteiger partial charge in [0.15, 0.2) is 11.5 Å². The Bertz CT molecular complexity index is 1370. The summed E-state index contributed by atoms with van der Waals surface area (Å²) >= 11 is 0. The third kappa shape index (κ3) is 5.59. The number of hydrogen-bond acceptors (Lipinski definition) is 9. The molecule has 2 aromatic heterocycles. The fourth-order valence-electron chi connectivity index (χ4n) is 4.38. The van der Waals surface area contributed by atoms with Gasteiger partial charge in [-0.1, -0.05) is 6.58 Å². The number of amides is 2. The number of primary amides is 1. The number of nitrogens with zero attached hydrogens (tertiary/aromatic N) is 6. The van der Waals surface area contributed by atoms with E-state index in [1.165, 1.54) is 6.08 Å². The van der Waals surface area contributed by atoms with Crippen LogP contribution in [0.2, 0.25) is 0 Å². The number of fused-ring (bicyclic) bond motifs is 1. The monoisotopic (exact) mass is 519 g/mol. The Morgan fingerprint density at radius 3 is 2.68 bits per heavy atom. The molecule has 1 aliphatic carbocycles. The molecule has 0 radical (unpaired) electrons. The minimum atomic E-state index is -0.552. The summed E-state index contributed by atoms with van der Waals surface area (Å²) in [7, 11) is 7.52. The van der Waals surface area contributed by atoms with E-state index in [0.717, 1.165) is 49.3 Å². The summed E-state index contributed by atoms with van der Waals surface area (Å²) in [5, 5.41) is 10.5. The third-order valence-electron chi connectivity index (χ3n) is 6.32. The molecule has 0 unspecified atom stereocenters. The summed E-state index contributed by atoms with van der Waals surface area (Å²) in [5.41, 5.74) is 9.55. The van der Waals surface area contributed by atoms with Gasteiger partial charge in [-0.25, -0.2) is 9.67 Å². The van der Waals surface area contributed by atoms with Crippen molar-refractivity contribution in [2.75, 3.05) is 56.9 Å². The molecule has 1 aromatic carbocycles. The largest absolute Gasteiger partial charge is 0.494 e. The second-order valence-electron chi connectivity index (χ2n) is 9.25. The number of hydrogen-bond donors (Lipinski definition) is 3. The highest BCUT2D eigenvalue weighted by molar-refractivity contribution is 6.02. The molecule has 0 saturated carbocycles. The predicted octanol–water partition coefficient (Wildman–Crippen LogP) is 2.12. The molecule has 200 valence electrons. The molecule has 0 spiro atoms. The van der Waals surface area contributed by atoms with Crippen LogP contribution in [0.1, 0.15) is 28.2 Å². The highest BCUT2D eigenvalue weighted by Gasteiger charge is 2.26. The Kier molecular flexibility index (Phi) is 7.91. The molecule has 4 rings (SSSR count). The van der Waals surface area contributed by atoms with Crippen molar-refractivity contribution in [3.05, 3.63) is 54.0 Å². The van der Waals surface area contributed by atoms with Crippen molar-refractivity contribution in [1.82, 2.24) is 24.6 Å². The normalized spacial score (nSPS) is 12.2. The van der Waals surface area contributed by atoms with Crippen molar-refractivity contribution in [1.29, 1.82) is 0 Å². The van der Waals surface area contributed by atoms with Gasteiger partial charge in [0.05, 0.1) is 29.9 Å². The van der Waals surface area contributed by atoms with E-state index < -0.39 is 5.91 Å². The van der Waals surface area contributed by atoms with Gasteiger partial charge in [-0.3, -0.25) is 9.59 Å². The van der Waals surface area contributed by atoms with Gasteiger partial charge in [0.25, 0.3) is 5.91 Å². The quantitative estimate of drug-likeness (QED) is 0.325. The Morgan fingerprint density at radius 1 is 1.21 bits per heavy atom. The lowest BCUT2D eigenvalue weighted by atomic mass is 10.2. The van der Waals surface area contributed by atoms with Crippen LogP contribution in [0.4, 0.5) is 23.0 Å². The van der Waals surface area contributed by atoms with Crippen molar-refractivity contribution in [2.45, 2.75) is 19.3 Å². The number of anilines is 4. The van der Waals surface area contributed by atoms with Crippen LogP contribution in [0.5, 0.6) is 5.75 Å². The molecular weight excluding hydrogens is 486 g/mol. The summed E-state index contributed by atoms with van der Waals surface area (Å²) in [4.78, 5) is 37.2. The topological polar surface area (TPSA) is 144 Å². The lowest BCUT2D eigenvalue weighted by Crippen LogP contribution is -2.29. The first kappa shape index (κ1) is 26.6. The molecule has 0 atom stereocenters. The Morgan fingerprint density at radius 2 is 2.00 bits per heavy atom. The summed E-state index contributed by atoms with van der Waals surface area (Å²) in [6.45, 7) is 5.11. The molecule has 0 bridgehead atoms. The molecule has 1 aliphatic rings. The molecule has 12 nitrogen and oxygen atoms in total. The zero-order chi connectivity index (χ0) is 27.4. The van der Waals surface area contributed by atoms with E-state index in [4.69, 9.17) is 10.5 Å². The fraction of sp³-hybridized carbons (Fsp3) is 0.346. The maximum Gasteiger partial charge on any atom is 0.269 e. The third-order valence-corrected chi connectivity index (χ3v) is 6.32. The summed E-state index contributed by atoms with van der Waals surface area (Å²) in [6.07, 6.45) is 5.29. The van der Waals surface area contributed by atoms with E-state index in [9.17, 15) is 9.59 Å². The van der Waals surface area contributed by atoms with E-state index in [1.54, 1.807) is 30.1 Å². The van der Waals surface area contributed by atoms with Gasteiger partial charge in [-0.15, -0.1) is 0 Å². The van der Waals surface area contributed by atoms with Crippen LogP contribution in [0.25, 0.3) is 5.82 Å². The van der Waals surface area contributed by atoms with Crippen molar-refractivity contribution in [2.24, 2.45) is 5.73 Å². The van der Waals surface area contributed by atoms with E-state index in [0.29, 0.717) is 28.9 Å². The number of aromatic nitrogens is 4. The van der Waals surface area contributed by atoms with Crippen LogP contribution >= 0.6 is 0 Å². The molecule has 0 saturated heterocycles. The van der Waals surface area contributed by atoms with Gasteiger partial charge in [0.2, 0.25) is 11.9 Å². The Hall–Kier alpha value is -4.45. The molecule has 0 fully saturated rings. The van der Waals surface area contributed by atoms with Crippen LogP contribution < -0.4 is 26.0 Å². The van der Waals surface area contributed by atoms with Gasteiger partial charge >= 0.3 is 0 Å². The maximum absolute atomic E-state index is 12.2. The van der Waals surface area contributed by atoms with Gasteiger partial charge in [-0.2, -0.15) is 10.1 Å². The number of carbonyl (C=O) groups excluding carboxylic acids is 2. The van der Waals surface area contributed by atoms with E-state index in [2.05, 4.69) is 37.2 Å². The molecule has 12 heteroatoms. The smallest absolute Gasteiger partial charge is 0.269 e. The molecule has 3 aromatic rings. The lowest BCUT2D eigenvalue weighted by molar-refractivity contribution is -0.111. The lowest BCUT2D eigenvalue weighted by Gasteiger charge is -2.26. The number of carbonyl (C=O) groups is 2. The summed E-state index contributed by atoms with van der Waals surface area (Å²) in [6, 6.07) is 5.34. The first-order valence-electron chi connectivity index (χ1n) is 12.2. The zero-order valence-electron chi connectivity index (χ0n) is 22.1. The van der Waals surface area contributed by atoms with Crippen molar-refractivity contribution >= 4 is 34.8 Å². The number of rotatable bonds is 11. The maximum atomic E-state index is 12.2. The molecular formula is C26H33N9O3. The minimum absolute atomic E-state index is 0.281. The van der Waals surface area contributed by atoms with E-state index in [-0.39, 0.29) is 11.6 Å². The Balaban J connectivity index is 1.69. The summed E-state index contributed by atoms with van der Waals surface area (Å²) in [5.74, 6) is 0.451. The average Bonchev–Trinajstić information content (AvgIpc) is 3.50. The van der Waals surface area contributed by atoms with Gasteiger partial charge in [-0.05, 0) is 45.5 Å². The van der Waals surface area contributed by atoms with Crippen molar-refractivity contribution in [3.63, 3.8) is 0 Å². The number of nitrogens with one attached hydrogen (secondary N) is 2. The van der Waals surface area contributed by atoms with Crippen LogP contribution in [-0.4, -0.2) is 77.8 Å². The number of nitrogens with two attached hydrogens (primary N) is 1. The van der Waals surface area contributed by atoms with Gasteiger partial charge in [0, 0.05) is 44.0 Å². The Labute approximate surface area is 221 Å². The van der Waals surface area contributed by atoms with Crippen molar-refractivity contribution in [3.8, 4) is 11.6 Å². The number of benzene rings is 1. The molecule has 2 amide bonds. The van der Waals surface area contributed by atoms with Gasteiger partial charge in [0.1, 0.15) is 5.75 Å². The SMILES string of the molecule is C=CC(=O)Nc1cc(Nc2nccc(-n3nc(C(N)=O)c4c3CCC4)n2)c(OC)cc1N(C)CCN(C)C. The number of methoxy groups -OCH3 is 1. The van der Waals surface area contributed by atoms with E-state index in [1.807, 2.05) is 32.1 Å². The average molecular weight is 520 g/mol. The zero-order valence-corrected chi connectivity index (χ0v) is 22.1. The van der Waals surface area contributed by atoms with E-state index >= 15 is 0 Å². The van der Waals surface area contributed by atoms with Crippen LogP contribution in [-0.2, 0) is 17.6 Å². The fourth-order valence-corrected chi connectivity index (χ4v) is 4.38. The summed E-state index contributed by atoms with van der Waals surface area (Å²) < 4.78 is 7.33. The van der Waals surface area contributed by atoms with Crippen molar-refractivity contribution < 1.29 is 14.3 Å². The highest BCUT2D eigenvalue weighted by atomic mass is 16.5. The predicted molar refractivity (Wildman–Crippen MR) is 147 cm³/mol. The van der Waals surface area contributed by atoms with Crippen LogP contribution in [0, 0.1) is 0 Å². The molecule has 4 N–H and O–H groups in total. The standard InChI is InChI=1S/C26H33N9O3/c1-6-23(36)29-17-14-18(21(38-5)15-20(17)34(4)13-12-33(2)3)30-26-28-11-10-22(31-26)35-19-9-7-8-16(19)24(32-35)25(27)37/h6,10-11,14-15H,1,7-9,12-13H2,2-5H3,(H2,27,37)(H,29,36)(H,28,30,31). The van der Waals surface area contributed by atoms with Gasteiger partial charge < -0.3 is 30.9 Å². The number of ether oxygens (including phenoxy) is 1.